The van der Waals surface area contributed by atoms with E-state index in [9.17, 15) is 0 Å². The number of aromatic nitrogens is 1. The predicted octanol–water partition coefficient (Wildman–Crippen LogP) is 4.09. The van der Waals surface area contributed by atoms with Gasteiger partial charge in [0.25, 0.3) is 0 Å². The third-order valence-corrected chi connectivity index (χ3v) is 6.17. The largest absolute Gasteiger partial charge is 0.366 e. The van der Waals surface area contributed by atoms with E-state index in [1.54, 1.807) is 19.4 Å². The number of pyridine rings is 1. The van der Waals surface area contributed by atoms with Crippen LogP contribution in [0.2, 0.25) is 0 Å². The lowest BCUT2D eigenvalue weighted by Gasteiger charge is -2.32. The molecule has 0 aliphatic heterocycles. The second-order valence-corrected chi connectivity index (χ2v) is 10.4. The van der Waals surface area contributed by atoms with Crippen LogP contribution in [0.1, 0.15) is 52.2 Å². The first kappa shape index (κ1) is 30.5. The van der Waals surface area contributed by atoms with E-state index >= 15 is 0 Å². The highest BCUT2D eigenvalue weighted by atomic mass is 32.1. The monoisotopic (exact) mass is 542 g/mol. The van der Waals surface area contributed by atoms with Crippen molar-refractivity contribution in [3.05, 3.63) is 66.0 Å². The number of amidine groups is 2. The van der Waals surface area contributed by atoms with Crippen LogP contribution in [0, 0.1) is 5.92 Å². The molecule has 4 N–H and O–H groups in total. The van der Waals surface area contributed by atoms with Crippen molar-refractivity contribution < 1.29 is 4.74 Å². The molecule has 200 valence electrons. The van der Waals surface area contributed by atoms with Crippen molar-refractivity contribution in [2.45, 2.75) is 52.3 Å². The summed E-state index contributed by atoms with van der Waals surface area (Å²) in [6, 6.07) is 13.3. The number of nitrogens with one attached hydrogen (secondary N) is 2. The van der Waals surface area contributed by atoms with Crippen LogP contribution in [0.3, 0.4) is 0 Å². The average molecular weight is 543 g/mol. The van der Waals surface area contributed by atoms with Gasteiger partial charge in [0.2, 0.25) is 0 Å². The van der Waals surface area contributed by atoms with Crippen molar-refractivity contribution in [3.63, 3.8) is 0 Å². The summed E-state index contributed by atoms with van der Waals surface area (Å²) in [6.07, 6.45) is 4.07. The zero-order chi connectivity index (χ0) is 27.5. The van der Waals surface area contributed by atoms with E-state index in [2.05, 4.69) is 61.3 Å². The molecule has 1 atom stereocenters. The van der Waals surface area contributed by atoms with Gasteiger partial charge in [0.05, 0.1) is 6.61 Å². The minimum atomic E-state index is -0.687. The van der Waals surface area contributed by atoms with Crippen LogP contribution in [-0.2, 0) is 4.74 Å². The minimum absolute atomic E-state index is 0.197. The summed E-state index contributed by atoms with van der Waals surface area (Å²) in [5.41, 5.74) is 7.68. The zero-order valence-electron chi connectivity index (χ0n) is 22.3. The normalized spacial score (nSPS) is 15.5. The number of nitrogens with two attached hydrogens (primary N) is 1. The first-order valence-electron chi connectivity index (χ1n) is 12.0. The van der Waals surface area contributed by atoms with Gasteiger partial charge in [-0.1, -0.05) is 44.2 Å². The van der Waals surface area contributed by atoms with Crippen LogP contribution in [0.5, 0.6) is 0 Å². The highest BCUT2D eigenvalue weighted by Crippen LogP contribution is 2.18. The maximum atomic E-state index is 6.22. The second kappa shape index (κ2) is 14.3. The number of ether oxygens (including phenoxy) is 1. The lowest BCUT2D eigenvalue weighted by molar-refractivity contribution is -0.0649. The molecule has 1 aromatic carbocycles. The molecule has 0 saturated carbocycles. The fourth-order valence-electron chi connectivity index (χ4n) is 2.91. The highest BCUT2D eigenvalue weighted by molar-refractivity contribution is 7.97. The standard InChI is InChI=1S/C26H38N8OS2/c1-18(2)26(5,27)35-16-14-25(3,4)30-24(37)34-31-21(19-11-8-7-9-12-19)22(32-33-23(36)28-6)20-13-10-15-29-17-20/h7-13,15,17-18H,14,16,27H2,1-6H3,(H2,28,33,36)(H2,30,34,37)/b31-21+,32-22+. The molecule has 0 fully saturated rings. The molecule has 0 radical (unpaired) electrons. The quantitative estimate of drug-likeness (QED) is 0.0963. The Kier molecular flexibility index (Phi) is 11.8. The molecule has 0 bridgehead atoms. The fourth-order valence-corrected chi connectivity index (χ4v) is 3.30. The molecule has 1 heterocycles. The molecule has 9 nitrogen and oxygen atoms in total. The van der Waals surface area contributed by atoms with Crippen LogP contribution in [-0.4, -0.2) is 51.7 Å². The molecule has 0 saturated heterocycles. The van der Waals surface area contributed by atoms with E-state index in [1.165, 1.54) is 0 Å². The van der Waals surface area contributed by atoms with Gasteiger partial charge in [0.1, 0.15) is 17.1 Å². The Morgan fingerprint density at radius 2 is 1.54 bits per heavy atom. The molecular weight excluding hydrogens is 504 g/mol. The Morgan fingerprint density at radius 1 is 0.946 bits per heavy atom. The molecule has 0 aliphatic carbocycles. The summed E-state index contributed by atoms with van der Waals surface area (Å²) in [4.78, 5) is 4.23. The van der Waals surface area contributed by atoms with Gasteiger partial charge in [-0.2, -0.15) is 0 Å². The number of rotatable bonds is 11. The highest BCUT2D eigenvalue weighted by Gasteiger charge is 2.26. The SMILES string of the molecule is CN/C(S)=N/N=C(/C(=N/N=C(\S)NC(C)(C)CCOC(C)(N)C(C)C)c1ccccc1)c1cccnc1. The smallest absolute Gasteiger partial charge is 0.180 e. The maximum absolute atomic E-state index is 6.22. The Bertz CT molecular complexity index is 1110. The van der Waals surface area contributed by atoms with Crippen LogP contribution in [0.4, 0.5) is 0 Å². The van der Waals surface area contributed by atoms with Crippen molar-refractivity contribution in [3.8, 4) is 0 Å². The molecule has 0 aliphatic rings. The summed E-state index contributed by atoms with van der Waals surface area (Å²) >= 11 is 8.81. The Balaban J connectivity index is 2.37. The molecule has 1 aromatic heterocycles. The maximum Gasteiger partial charge on any atom is 0.180 e. The van der Waals surface area contributed by atoms with Crippen LogP contribution in [0.15, 0.2) is 75.3 Å². The third kappa shape index (κ3) is 10.3. The summed E-state index contributed by atoms with van der Waals surface area (Å²) in [7, 11) is 1.71. The Labute approximate surface area is 231 Å². The third-order valence-electron chi connectivity index (χ3n) is 5.66. The van der Waals surface area contributed by atoms with E-state index in [-0.39, 0.29) is 11.5 Å². The zero-order valence-corrected chi connectivity index (χ0v) is 24.1. The van der Waals surface area contributed by atoms with E-state index in [0.717, 1.165) is 11.1 Å². The summed E-state index contributed by atoms with van der Waals surface area (Å²) in [6.45, 7) is 10.5. The lowest BCUT2D eigenvalue weighted by atomic mass is 10.0. The van der Waals surface area contributed by atoms with E-state index in [0.29, 0.717) is 34.8 Å². The van der Waals surface area contributed by atoms with Crippen molar-refractivity contribution in [1.29, 1.82) is 0 Å². The molecule has 0 spiro atoms. The van der Waals surface area contributed by atoms with Crippen LogP contribution >= 0.6 is 25.3 Å². The molecule has 1 unspecified atom stereocenters. The van der Waals surface area contributed by atoms with E-state index in [4.69, 9.17) is 10.5 Å². The molecule has 37 heavy (non-hydrogen) atoms. The van der Waals surface area contributed by atoms with Gasteiger partial charge < -0.3 is 21.1 Å². The average Bonchev–Trinajstić information content (AvgIpc) is 2.86. The van der Waals surface area contributed by atoms with Crippen LogP contribution < -0.4 is 16.4 Å². The van der Waals surface area contributed by atoms with Gasteiger partial charge in [-0.3, -0.25) is 4.98 Å². The summed E-state index contributed by atoms with van der Waals surface area (Å²) in [5.74, 6) is 0.197. The number of hydrogen-bond acceptors (Lipinski definition) is 7. The van der Waals surface area contributed by atoms with Gasteiger partial charge in [0.15, 0.2) is 10.3 Å². The van der Waals surface area contributed by atoms with Gasteiger partial charge >= 0.3 is 0 Å². The van der Waals surface area contributed by atoms with E-state index in [1.807, 2.05) is 77.1 Å². The van der Waals surface area contributed by atoms with Gasteiger partial charge in [-0.15, -0.1) is 45.7 Å². The first-order chi connectivity index (χ1) is 17.4. The van der Waals surface area contributed by atoms with Crippen LogP contribution in [0.25, 0.3) is 0 Å². The van der Waals surface area contributed by atoms with Gasteiger partial charge in [0, 0.05) is 36.1 Å². The summed E-state index contributed by atoms with van der Waals surface area (Å²) in [5, 5.41) is 24.3. The lowest BCUT2D eigenvalue weighted by Crippen LogP contribution is -2.47. The van der Waals surface area contributed by atoms with E-state index < -0.39 is 5.72 Å². The molecule has 0 amide bonds. The molecule has 11 heteroatoms. The first-order valence-corrected chi connectivity index (χ1v) is 12.9. The van der Waals surface area contributed by atoms with Crippen molar-refractivity contribution in [2.24, 2.45) is 32.1 Å². The minimum Gasteiger partial charge on any atom is -0.366 e. The molecular formula is C26H38N8OS2. The number of hydrogen-bond donors (Lipinski definition) is 5. The summed E-state index contributed by atoms with van der Waals surface area (Å²) < 4.78 is 5.90. The van der Waals surface area contributed by atoms with Crippen molar-refractivity contribution in [2.75, 3.05) is 13.7 Å². The number of nitrogens with zero attached hydrogens (tertiary/aromatic N) is 5. The molecule has 2 aromatic rings. The Hall–Kier alpha value is -2.73. The predicted molar refractivity (Wildman–Crippen MR) is 161 cm³/mol. The Morgan fingerprint density at radius 3 is 2.11 bits per heavy atom. The number of benzene rings is 1. The topological polar surface area (TPSA) is 122 Å². The fraction of sp³-hybridized carbons (Fsp3) is 0.423. The number of thiol groups is 2. The van der Waals surface area contributed by atoms with Gasteiger partial charge in [-0.25, -0.2) is 0 Å². The van der Waals surface area contributed by atoms with Gasteiger partial charge in [-0.05, 0) is 45.2 Å². The molecule has 2 rings (SSSR count). The van der Waals surface area contributed by atoms with Crippen molar-refractivity contribution in [1.82, 2.24) is 15.6 Å². The van der Waals surface area contributed by atoms with Crippen molar-refractivity contribution >= 4 is 47.0 Å². The second-order valence-electron chi connectivity index (χ2n) is 9.55.